The maximum atomic E-state index is 4.78. The summed E-state index contributed by atoms with van der Waals surface area (Å²) >= 11 is 1.83. The summed E-state index contributed by atoms with van der Waals surface area (Å²) in [5.74, 6) is 0. The van der Waals surface area contributed by atoms with Crippen molar-refractivity contribution in [2.24, 2.45) is 0 Å². The maximum Gasteiger partial charge on any atom is 0.0816 e. The Balaban J connectivity index is 1.32. The van der Waals surface area contributed by atoms with Crippen LogP contribution in [-0.2, 0) is 6.42 Å². The largest absolute Gasteiger partial charge is 0.366 e. The number of hydrogen-bond donors (Lipinski definition) is 0. The van der Waals surface area contributed by atoms with E-state index in [1.807, 2.05) is 11.3 Å². The van der Waals surface area contributed by atoms with Crippen LogP contribution in [0.4, 0.5) is 0 Å². The van der Waals surface area contributed by atoms with Gasteiger partial charge in [0.25, 0.3) is 0 Å². The van der Waals surface area contributed by atoms with Crippen LogP contribution in [-0.4, -0.2) is 16.4 Å². The van der Waals surface area contributed by atoms with Crippen LogP contribution in [0.2, 0.25) is 0 Å². The van der Waals surface area contributed by atoms with Crippen molar-refractivity contribution in [1.82, 2.24) is 9.88 Å². The van der Waals surface area contributed by atoms with E-state index in [2.05, 4.69) is 83.2 Å². The Morgan fingerprint density at radius 1 is 0.960 bits per heavy atom. The molecule has 2 aromatic heterocycles. The molecule has 0 spiro atoms. The van der Waals surface area contributed by atoms with Crippen molar-refractivity contribution in [2.75, 3.05) is 6.54 Å². The molecule has 3 heteroatoms. The first-order valence-electron chi connectivity index (χ1n) is 8.89. The van der Waals surface area contributed by atoms with E-state index in [1.54, 1.807) is 0 Å². The van der Waals surface area contributed by atoms with E-state index in [-0.39, 0.29) is 0 Å². The number of hydrogen-bond acceptors (Lipinski definition) is 3. The normalized spacial score (nSPS) is 16.6. The Kier molecular flexibility index (Phi) is 4.93. The molecule has 25 heavy (non-hydrogen) atoms. The van der Waals surface area contributed by atoms with Gasteiger partial charge >= 0.3 is 0 Å². The van der Waals surface area contributed by atoms with Gasteiger partial charge in [-0.1, -0.05) is 42.5 Å². The summed E-state index contributed by atoms with van der Waals surface area (Å²) in [5.41, 5.74) is 2.30. The third-order valence-corrected chi connectivity index (χ3v) is 5.57. The zero-order chi connectivity index (χ0) is 16.9. The number of para-hydroxylation sites is 1. The van der Waals surface area contributed by atoms with Crippen LogP contribution >= 0.6 is 11.3 Å². The zero-order valence-corrected chi connectivity index (χ0v) is 15.0. The average Bonchev–Trinajstić information content (AvgIpc) is 3.20. The molecule has 4 rings (SSSR count). The molecule has 0 saturated carbocycles. The number of aryl methyl sites for hydroxylation is 1. The molecule has 0 amide bonds. The summed E-state index contributed by atoms with van der Waals surface area (Å²) in [5, 5.41) is 3.38. The van der Waals surface area contributed by atoms with Gasteiger partial charge in [-0.15, -0.1) is 11.3 Å². The second kappa shape index (κ2) is 7.66. The molecule has 3 heterocycles. The number of thiophene rings is 1. The summed E-state index contributed by atoms with van der Waals surface area (Å²) in [6, 6.07) is 17.4. The molecule has 1 aromatic carbocycles. The summed E-state index contributed by atoms with van der Waals surface area (Å²) in [6.07, 6.45) is 12.2. The number of nitrogens with zero attached hydrogens (tertiary/aromatic N) is 2. The van der Waals surface area contributed by atoms with Crippen molar-refractivity contribution in [1.29, 1.82) is 0 Å². The van der Waals surface area contributed by atoms with E-state index < -0.39 is 0 Å². The molecule has 126 valence electrons. The molecular weight excluding hydrogens is 324 g/mol. The van der Waals surface area contributed by atoms with Crippen LogP contribution in [0.5, 0.6) is 0 Å². The number of unbranched alkanes of at least 4 members (excludes halogenated alkanes) is 1. The topological polar surface area (TPSA) is 16.1 Å². The molecule has 2 nitrogen and oxygen atoms in total. The number of fused-ring (bicyclic) bond motifs is 1. The Hall–Kier alpha value is -2.39. The highest BCUT2D eigenvalue weighted by Crippen LogP contribution is 2.29. The number of aromatic nitrogens is 1. The van der Waals surface area contributed by atoms with E-state index in [0.717, 1.165) is 24.9 Å². The Morgan fingerprint density at radius 2 is 1.92 bits per heavy atom. The lowest BCUT2D eigenvalue weighted by Crippen LogP contribution is -2.24. The predicted octanol–water partition coefficient (Wildman–Crippen LogP) is 5.75. The lowest BCUT2D eigenvalue weighted by Gasteiger charge is -2.29. The van der Waals surface area contributed by atoms with Crippen LogP contribution in [0.3, 0.4) is 0 Å². The lowest BCUT2D eigenvalue weighted by molar-refractivity contribution is 0.316. The summed E-state index contributed by atoms with van der Waals surface area (Å²) < 4.78 is 0. The van der Waals surface area contributed by atoms with E-state index in [4.69, 9.17) is 4.98 Å². The lowest BCUT2D eigenvalue weighted by atomic mass is 10.1. The van der Waals surface area contributed by atoms with Gasteiger partial charge in [0.15, 0.2) is 0 Å². The minimum absolute atomic E-state index is 0.392. The monoisotopic (exact) mass is 346 g/mol. The highest BCUT2D eigenvalue weighted by Gasteiger charge is 2.16. The van der Waals surface area contributed by atoms with Gasteiger partial charge in [0.05, 0.1) is 11.6 Å². The molecule has 1 atom stereocenters. The molecule has 0 bridgehead atoms. The first-order chi connectivity index (χ1) is 12.4. The SMILES string of the molecule is C1=CC(c2cccs2)N(CCCCc2ccc3ccccc3n2)C=C1. The van der Waals surface area contributed by atoms with Gasteiger partial charge in [0, 0.05) is 22.5 Å². The van der Waals surface area contributed by atoms with E-state index in [0.29, 0.717) is 6.04 Å². The standard InChI is InChI=1S/C22H22N2S/c1-2-10-20-18(8-1)13-14-19(23-20)9-3-5-15-24-16-6-4-11-21(24)22-12-7-17-25-22/h1-2,4,6-8,10-14,16-17,21H,3,5,9,15H2. The van der Waals surface area contributed by atoms with Crippen molar-refractivity contribution in [2.45, 2.75) is 25.3 Å². The Morgan fingerprint density at radius 3 is 2.84 bits per heavy atom. The summed E-state index contributed by atoms with van der Waals surface area (Å²) in [4.78, 5) is 8.64. The molecule has 0 aliphatic carbocycles. The van der Waals surface area contributed by atoms with Crippen LogP contribution in [0.15, 0.2) is 78.3 Å². The van der Waals surface area contributed by atoms with Crippen LogP contribution < -0.4 is 0 Å². The molecule has 0 fully saturated rings. The molecule has 1 aliphatic rings. The number of pyridine rings is 1. The fourth-order valence-electron chi connectivity index (χ4n) is 3.31. The van der Waals surface area contributed by atoms with E-state index >= 15 is 0 Å². The van der Waals surface area contributed by atoms with E-state index in [9.17, 15) is 0 Å². The van der Waals surface area contributed by atoms with Crippen molar-refractivity contribution in [3.63, 3.8) is 0 Å². The molecule has 0 radical (unpaired) electrons. The van der Waals surface area contributed by atoms with Gasteiger partial charge in [-0.2, -0.15) is 0 Å². The zero-order valence-electron chi connectivity index (χ0n) is 14.2. The average molecular weight is 346 g/mol. The van der Waals surface area contributed by atoms with Gasteiger partial charge in [0.1, 0.15) is 0 Å². The van der Waals surface area contributed by atoms with Gasteiger partial charge < -0.3 is 4.90 Å². The van der Waals surface area contributed by atoms with Crippen LogP contribution in [0.1, 0.15) is 29.5 Å². The number of rotatable bonds is 6. The quantitative estimate of drug-likeness (QED) is 0.529. The highest BCUT2D eigenvalue weighted by atomic mass is 32.1. The Labute approximate surface area is 153 Å². The maximum absolute atomic E-state index is 4.78. The van der Waals surface area contributed by atoms with Crippen molar-refractivity contribution in [3.05, 3.63) is 88.9 Å². The van der Waals surface area contributed by atoms with Crippen molar-refractivity contribution in [3.8, 4) is 0 Å². The molecule has 1 aliphatic heterocycles. The number of allylic oxidation sites excluding steroid dienone is 2. The fourth-order valence-corrected chi connectivity index (χ4v) is 4.14. The smallest absolute Gasteiger partial charge is 0.0816 e. The van der Waals surface area contributed by atoms with Gasteiger partial charge in [0.2, 0.25) is 0 Å². The molecule has 0 saturated heterocycles. The third-order valence-electron chi connectivity index (χ3n) is 4.63. The molecule has 3 aromatic rings. The fraction of sp³-hybridized carbons (Fsp3) is 0.227. The third kappa shape index (κ3) is 3.83. The van der Waals surface area contributed by atoms with Crippen LogP contribution in [0.25, 0.3) is 10.9 Å². The van der Waals surface area contributed by atoms with Crippen LogP contribution in [0, 0.1) is 0 Å². The molecule has 0 N–H and O–H groups in total. The first-order valence-corrected chi connectivity index (χ1v) is 9.77. The minimum atomic E-state index is 0.392. The van der Waals surface area contributed by atoms with Gasteiger partial charge in [-0.05, 0) is 55.1 Å². The Bertz CT molecular complexity index is 880. The summed E-state index contributed by atoms with van der Waals surface area (Å²) in [7, 11) is 0. The first kappa shape index (κ1) is 16.1. The van der Waals surface area contributed by atoms with Crippen molar-refractivity contribution < 1.29 is 0 Å². The second-order valence-corrected chi connectivity index (χ2v) is 7.36. The van der Waals surface area contributed by atoms with Gasteiger partial charge in [-0.3, -0.25) is 4.98 Å². The minimum Gasteiger partial charge on any atom is -0.366 e. The molecular formula is C22H22N2S. The second-order valence-electron chi connectivity index (χ2n) is 6.38. The summed E-state index contributed by atoms with van der Waals surface area (Å²) in [6.45, 7) is 1.08. The number of benzene rings is 1. The highest BCUT2D eigenvalue weighted by molar-refractivity contribution is 7.10. The predicted molar refractivity (Wildman–Crippen MR) is 107 cm³/mol. The van der Waals surface area contributed by atoms with Crippen molar-refractivity contribution >= 4 is 22.2 Å². The molecule has 1 unspecified atom stereocenters. The van der Waals surface area contributed by atoms with E-state index in [1.165, 1.54) is 22.4 Å². The van der Waals surface area contributed by atoms with Gasteiger partial charge in [-0.25, -0.2) is 0 Å².